The summed E-state index contributed by atoms with van der Waals surface area (Å²) in [6, 6.07) is 18.5. The van der Waals surface area contributed by atoms with Crippen LogP contribution in [-0.4, -0.2) is 35.3 Å². The highest BCUT2D eigenvalue weighted by atomic mass is 35.5. The summed E-state index contributed by atoms with van der Waals surface area (Å²) in [6.45, 7) is 1.32. The van der Waals surface area contributed by atoms with Gasteiger partial charge in [0.25, 0.3) is 5.91 Å². The van der Waals surface area contributed by atoms with Crippen molar-refractivity contribution in [1.82, 2.24) is 10.2 Å². The molecule has 1 heterocycles. The molecule has 204 valence electrons. The lowest BCUT2D eigenvalue weighted by molar-refractivity contribution is -0.137. The Balaban J connectivity index is 1.61. The highest BCUT2D eigenvalue weighted by Crippen LogP contribution is 2.44. The number of anilines is 1. The van der Waals surface area contributed by atoms with Gasteiger partial charge in [-0.05, 0) is 48.9 Å². The van der Waals surface area contributed by atoms with Crippen molar-refractivity contribution in [2.24, 2.45) is 0 Å². The number of hydrogen-bond donors (Lipinski definition) is 2. The molecule has 11 heteroatoms. The first-order chi connectivity index (χ1) is 18.4. The maximum Gasteiger partial charge on any atom is 0.416 e. The average molecular weight is 578 g/mol. The summed E-state index contributed by atoms with van der Waals surface area (Å²) in [4.78, 5) is 25.7. The van der Waals surface area contributed by atoms with E-state index in [1.54, 1.807) is 25.1 Å². The number of rotatable bonds is 7. The third-order valence-corrected chi connectivity index (χ3v) is 6.55. The zero-order valence-corrected chi connectivity index (χ0v) is 22.4. The zero-order chi connectivity index (χ0) is 28.4. The van der Waals surface area contributed by atoms with E-state index in [2.05, 4.69) is 10.6 Å². The number of carbonyl (C=O) groups excluding carboxylic acids is 2. The molecule has 1 unspecified atom stereocenters. The molecule has 0 aromatic heterocycles. The lowest BCUT2D eigenvalue weighted by Crippen LogP contribution is -2.47. The molecule has 0 aliphatic carbocycles. The number of carbonyl (C=O) groups is 2. The molecule has 0 fully saturated rings. The molecule has 2 amide bonds. The van der Waals surface area contributed by atoms with Gasteiger partial charge in [0.2, 0.25) is 5.91 Å². The van der Waals surface area contributed by atoms with E-state index >= 15 is 0 Å². The van der Waals surface area contributed by atoms with Gasteiger partial charge < -0.3 is 20.3 Å². The Kier molecular flexibility index (Phi) is 8.13. The number of fused-ring (bicyclic) bond motifs is 1. The monoisotopic (exact) mass is 577 g/mol. The van der Waals surface area contributed by atoms with Crippen LogP contribution in [-0.2, 0) is 22.3 Å². The quantitative estimate of drug-likeness (QED) is 0.248. The lowest BCUT2D eigenvalue weighted by Gasteiger charge is -2.39. The van der Waals surface area contributed by atoms with Crippen LogP contribution in [0.4, 0.5) is 18.9 Å². The molecule has 1 aliphatic heterocycles. The molecule has 6 nitrogen and oxygen atoms in total. The van der Waals surface area contributed by atoms with Crippen LogP contribution < -0.4 is 10.6 Å². The Morgan fingerprint density at radius 3 is 2.46 bits per heavy atom. The van der Waals surface area contributed by atoms with E-state index in [0.29, 0.717) is 22.0 Å². The minimum atomic E-state index is -4.60. The second kappa shape index (κ2) is 11.2. The van der Waals surface area contributed by atoms with E-state index in [1.165, 1.54) is 18.0 Å². The molecule has 1 aliphatic rings. The molecule has 3 aromatic carbocycles. The highest BCUT2D eigenvalue weighted by Gasteiger charge is 2.40. The average Bonchev–Trinajstić information content (AvgIpc) is 2.89. The third kappa shape index (κ3) is 6.49. The number of nitrogens with zero attached hydrogens (tertiary/aromatic N) is 1. The standard InChI is InChI=1S/C28H24Cl2F3N3O3/c1-27(30)25(36(2)23(37)15-34-26(38)18-9-6-10-19(13-18)28(31,32)33)24(39-16-17-7-4-3-5-8-17)21-14-20(29)11-12-22(21)35-27/h3-14,35H,15-16H2,1-2H3,(H,34,38). The van der Waals surface area contributed by atoms with Gasteiger partial charge >= 0.3 is 6.18 Å². The summed E-state index contributed by atoms with van der Waals surface area (Å²) in [7, 11) is 1.47. The van der Waals surface area contributed by atoms with E-state index in [9.17, 15) is 22.8 Å². The van der Waals surface area contributed by atoms with Crippen LogP contribution in [0.3, 0.4) is 0 Å². The SMILES string of the molecule is CN(C(=O)CNC(=O)c1cccc(C(F)(F)F)c1)C1=C(OCc2ccccc2)c2cc(Cl)ccc2NC1(C)Cl. The first-order valence-corrected chi connectivity index (χ1v) is 12.5. The van der Waals surface area contributed by atoms with Gasteiger partial charge in [0.05, 0.1) is 12.1 Å². The fourth-order valence-corrected chi connectivity index (χ4v) is 4.63. The first-order valence-electron chi connectivity index (χ1n) is 11.8. The molecule has 0 radical (unpaired) electrons. The zero-order valence-electron chi connectivity index (χ0n) is 20.9. The van der Waals surface area contributed by atoms with Crippen molar-refractivity contribution in [2.45, 2.75) is 24.7 Å². The largest absolute Gasteiger partial charge is 0.486 e. The Bertz CT molecular complexity index is 1430. The maximum absolute atomic E-state index is 13.2. The van der Waals surface area contributed by atoms with Gasteiger partial charge in [-0.1, -0.05) is 59.6 Å². The molecule has 0 saturated carbocycles. The van der Waals surface area contributed by atoms with Gasteiger partial charge in [-0.25, -0.2) is 0 Å². The summed E-state index contributed by atoms with van der Waals surface area (Å²) in [6.07, 6.45) is -4.60. The van der Waals surface area contributed by atoms with E-state index in [-0.39, 0.29) is 17.9 Å². The molecule has 2 N–H and O–H groups in total. The Hall–Kier alpha value is -3.69. The van der Waals surface area contributed by atoms with E-state index in [1.807, 2.05) is 30.3 Å². The molecular formula is C28H24Cl2F3N3O3. The van der Waals surface area contributed by atoms with E-state index in [0.717, 1.165) is 23.8 Å². The number of likely N-dealkylation sites (N-methyl/N-ethyl adjacent to an activating group) is 1. The van der Waals surface area contributed by atoms with Crippen LogP contribution in [0.25, 0.3) is 5.76 Å². The summed E-state index contributed by atoms with van der Waals surface area (Å²) in [5, 5.41) is 5.99. The van der Waals surface area contributed by atoms with Crippen LogP contribution >= 0.6 is 23.2 Å². The van der Waals surface area contributed by atoms with Gasteiger partial charge in [-0.2, -0.15) is 13.2 Å². The Labute approximate surface area is 233 Å². The number of benzene rings is 3. The minimum absolute atomic E-state index is 0.174. The predicted molar refractivity (Wildman–Crippen MR) is 144 cm³/mol. The Morgan fingerprint density at radius 1 is 1.05 bits per heavy atom. The van der Waals surface area contributed by atoms with E-state index < -0.39 is 35.1 Å². The minimum Gasteiger partial charge on any atom is -0.486 e. The van der Waals surface area contributed by atoms with Crippen molar-refractivity contribution < 1.29 is 27.5 Å². The molecular weight excluding hydrogens is 554 g/mol. The van der Waals surface area contributed by atoms with Crippen LogP contribution in [0, 0.1) is 0 Å². The van der Waals surface area contributed by atoms with Crippen molar-refractivity contribution in [3.05, 3.63) is 106 Å². The normalized spacial score (nSPS) is 16.7. The second-order valence-corrected chi connectivity index (χ2v) is 10.2. The van der Waals surface area contributed by atoms with Crippen molar-refractivity contribution in [3.8, 4) is 0 Å². The molecule has 3 aromatic rings. The van der Waals surface area contributed by atoms with Gasteiger partial charge in [0.1, 0.15) is 12.3 Å². The smallest absolute Gasteiger partial charge is 0.416 e. The van der Waals surface area contributed by atoms with Crippen LogP contribution in [0.5, 0.6) is 0 Å². The maximum atomic E-state index is 13.2. The number of nitrogens with one attached hydrogen (secondary N) is 2. The van der Waals surface area contributed by atoms with Crippen LogP contribution in [0.1, 0.15) is 34.0 Å². The summed E-state index contributed by atoms with van der Waals surface area (Å²) in [5.74, 6) is -1.09. The van der Waals surface area contributed by atoms with Crippen molar-refractivity contribution in [3.63, 3.8) is 0 Å². The Morgan fingerprint density at radius 2 is 1.77 bits per heavy atom. The van der Waals surface area contributed by atoms with Gasteiger partial charge in [0.15, 0.2) is 10.8 Å². The fraction of sp³-hybridized carbons (Fsp3) is 0.214. The molecule has 0 spiro atoms. The predicted octanol–water partition coefficient (Wildman–Crippen LogP) is 6.51. The molecule has 39 heavy (non-hydrogen) atoms. The number of amides is 2. The van der Waals surface area contributed by atoms with Crippen molar-refractivity contribution in [2.75, 3.05) is 18.9 Å². The highest BCUT2D eigenvalue weighted by molar-refractivity contribution is 6.31. The molecule has 0 bridgehead atoms. The van der Waals surface area contributed by atoms with Crippen LogP contribution in [0.15, 0.2) is 78.5 Å². The molecule has 0 saturated heterocycles. The van der Waals surface area contributed by atoms with Gasteiger partial charge in [0, 0.05) is 28.9 Å². The summed E-state index contributed by atoms with van der Waals surface area (Å²) < 4.78 is 45.3. The van der Waals surface area contributed by atoms with Crippen molar-refractivity contribution >= 4 is 46.5 Å². The number of halogens is 5. The van der Waals surface area contributed by atoms with Crippen LogP contribution in [0.2, 0.25) is 5.02 Å². The summed E-state index contributed by atoms with van der Waals surface area (Å²) >= 11 is 13.1. The van der Waals surface area contributed by atoms with E-state index in [4.69, 9.17) is 27.9 Å². The number of hydrogen-bond acceptors (Lipinski definition) is 4. The summed E-state index contributed by atoms with van der Waals surface area (Å²) in [5.41, 5.74) is 1.18. The number of alkyl halides is 4. The first kappa shape index (κ1) is 28.3. The number of ether oxygens (including phenoxy) is 1. The fourth-order valence-electron chi connectivity index (χ4n) is 4.15. The second-order valence-electron chi connectivity index (χ2n) is 8.98. The molecule has 1 atom stereocenters. The van der Waals surface area contributed by atoms with Crippen molar-refractivity contribution in [1.29, 1.82) is 0 Å². The third-order valence-electron chi connectivity index (χ3n) is 6.04. The van der Waals surface area contributed by atoms with Gasteiger partial charge in [-0.3, -0.25) is 9.59 Å². The lowest BCUT2D eigenvalue weighted by atomic mass is 9.99. The topological polar surface area (TPSA) is 70.7 Å². The van der Waals surface area contributed by atoms with Gasteiger partial charge in [-0.15, -0.1) is 0 Å². The molecule has 4 rings (SSSR count).